The number of fused-ring (bicyclic) bond motifs is 1. The van der Waals surface area contributed by atoms with E-state index in [1.54, 1.807) is 18.4 Å². The Hall–Kier alpha value is -2.93. The summed E-state index contributed by atoms with van der Waals surface area (Å²) < 4.78 is 10.5. The van der Waals surface area contributed by atoms with Crippen LogP contribution in [0.1, 0.15) is 18.4 Å². The Bertz CT molecular complexity index is 893. The zero-order valence-electron chi connectivity index (χ0n) is 13.5. The highest BCUT2D eigenvalue weighted by molar-refractivity contribution is 7.14. The molecule has 0 aliphatic rings. The van der Waals surface area contributed by atoms with E-state index >= 15 is 0 Å². The van der Waals surface area contributed by atoms with E-state index in [0.717, 1.165) is 11.0 Å². The Labute approximate surface area is 148 Å². The van der Waals surface area contributed by atoms with E-state index in [-0.39, 0.29) is 18.3 Å². The van der Waals surface area contributed by atoms with Gasteiger partial charge in [-0.05, 0) is 25.1 Å². The molecule has 0 bridgehead atoms. The van der Waals surface area contributed by atoms with Crippen molar-refractivity contribution in [2.45, 2.75) is 13.3 Å². The van der Waals surface area contributed by atoms with Crippen LogP contribution in [0, 0.1) is 0 Å². The van der Waals surface area contributed by atoms with Gasteiger partial charge in [-0.1, -0.05) is 18.2 Å². The standard InChI is InChI=1S/C18H16N2O4S/c1-2-23-17(22)10-13-11-25-18(19-13)20-16(21)8-7-14-9-12-5-3-4-6-15(12)24-14/h3-9,11H,2,10H2,1H3,(H,19,20,21). The third-order valence-electron chi connectivity index (χ3n) is 3.26. The summed E-state index contributed by atoms with van der Waals surface area (Å²) >= 11 is 1.26. The predicted octanol–water partition coefficient (Wildman–Crippen LogP) is 3.65. The number of nitrogens with one attached hydrogen (secondary N) is 1. The molecule has 3 aromatic rings. The van der Waals surface area contributed by atoms with Crippen molar-refractivity contribution in [3.8, 4) is 0 Å². The first-order chi connectivity index (χ1) is 12.1. The highest BCUT2D eigenvalue weighted by Gasteiger charge is 2.09. The molecule has 6 nitrogen and oxygen atoms in total. The molecule has 0 saturated heterocycles. The largest absolute Gasteiger partial charge is 0.466 e. The van der Waals surface area contributed by atoms with Crippen molar-refractivity contribution in [2.24, 2.45) is 0 Å². The van der Waals surface area contributed by atoms with Gasteiger partial charge >= 0.3 is 5.97 Å². The maximum absolute atomic E-state index is 12.0. The number of esters is 1. The number of nitrogens with zero attached hydrogens (tertiary/aromatic N) is 1. The normalized spacial score (nSPS) is 11.1. The molecule has 2 heterocycles. The molecule has 1 aromatic carbocycles. The predicted molar refractivity (Wildman–Crippen MR) is 96.3 cm³/mol. The van der Waals surface area contributed by atoms with E-state index in [1.165, 1.54) is 17.4 Å². The molecule has 7 heteroatoms. The monoisotopic (exact) mass is 356 g/mol. The lowest BCUT2D eigenvalue weighted by molar-refractivity contribution is -0.142. The van der Waals surface area contributed by atoms with Crippen LogP contribution in [0.5, 0.6) is 0 Å². The molecule has 0 radical (unpaired) electrons. The second-order valence-electron chi connectivity index (χ2n) is 5.13. The Kier molecular flexibility index (Phi) is 5.25. The van der Waals surface area contributed by atoms with Gasteiger partial charge in [-0.3, -0.25) is 14.9 Å². The van der Waals surface area contributed by atoms with Crippen molar-refractivity contribution in [1.82, 2.24) is 4.98 Å². The Morgan fingerprint density at radius 2 is 2.20 bits per heavy atom. The summed E-state index contributed by atoms with van der Waals surface area (Å²) in [6.07, 6.45) is 3.07. The molecule has 0 fully saturated rings. The number of thiazole rings is 1. The lowest BCUT2D eigenvalue weighted by atomic mass is 10.2. The fraction of sp³-hybridized carbons (Fsp3) is 0.167. The van der Waals surface area contributed by atoms with Gasteiger partial charge in [0.1, 0.15) is 11.3 Å². The maximum Gasteiger partial charge on any atom is 0.311 e. The number of furan rings is 1. The number of ether oxygens (including phenoxy) is 1. The topological polar surface area (TPSA) is 81.4 Å². The second kappa shape index (κ2) is 7.76. The van der Waals surface area contributed by atoms with Crippen molar-refractivity contribution in [1.29, 1.82) is 0 Å². The number of carbonyl (C=O) groups is 2. The molecule has 1 N–H and O–H groups in total. The van der Waals surface area contributed by atoms with Gasteiger partial charge in [0, 0.05) is 16.8 Å². The fourth-order valence-corrected chi connectivity index (χ4v) is 2.91. The zero-order chi connectivity index (χ0) is 17.6. The Morgan fingerprint density at radius 3 is 3.00 bits per heavy atom. The summed E-state index contributed by atoms with van der Waals surface area (Å²) in [7, 11) is 0. The molecular weight excluding hydrogens is 340 g/mol. The molecule has 2 aromatic heterocycles. The van der Waals surface area contributed by atoms with Crippen LogP contribution in [-0.2, 0) is 20.7 Å². The van der Waals surface area contributed by atoms with Crippen molar-refractivity contribution in [3.63, 3.8) is 0 Å². The van der Waals surface area contributed by atoms with Crippen LogP contribution in [0.2, 0.25) is 0 Å². The van der Waals surface area contributed by atoms with Gasteiger partial charge in [0.25, 0.3) is 0 Å². The molecule has 0 saturated carbocycles. The lowest BCUT2D eigenvalue weighted by Crippen LogP contribution is -2.09. The SMILES string of the molecule is CCOC(=O)Cc1csc(NC(=O)C=Cc2cc3ccccc3o2)n1. The minimum absolute atomic E-state index is 0.0923. The minimum Gasteiger partial charge on any atom is -0.466 e. The number of aromatic nitrogens is 1. The number of amides is 1. The van der Waals surface area contributed by atoms with Crippen molar-refractivity contribution >= 4 is 45.4 Å². The highest BCUT2D eigenvalue weighted by Crippen LogP contribution is 2.20. The molecule has 0 aliphatic carbocycles. The zero-order valence-corrected chi connectivity index (χ0v) is 14.3. The summed E-state index contributed by atoms with van der Waals surface area (Å²) in [5.74, 6) is -0.0635. The van der Waals surface area contributed by atoms with E-state index in [4.69, 9.17) is 9.15 Å². The van der Waals surface area contributed by atoms with Crippen LogP contribution in [-0.4, -0.2) is 23.5 Å². The second-order valence-corrected chi connectivity index (χ2v) is 5.99. The van der Waals surface area contributed by atoms with Crippen LogP contribution in [0.25, 0.3) is 17.0 Å². The smallest absolute Gasteiger partial charge is 0.311 e. The number of anilines is 1. The number of hydrogen-bond acceptors (Lipinski definition) is 6. The average molecular weight is 356 g/mol. The number of para-hydroxylation sites is 1. The summed E-state index contributed by atoms with van der Waals surface area (Å²) in [4.78, 5) is 27.6. The molecule has 0 aliphatic heterocycles. The van der Waals surface area contributed by atoms with Gasteiger partial charge in [-0.2, -0.15) is 0 Å². The van der Waals surface area contributed by atoms with Crippen LogP contribution in [0.3, 0.4) is 0 Å². The highest BCUT2D eigenvalue weighted by atomic mass is 32.1. The molecule has 1 amide bonds. The van der Waals surface area contributed by atoms with Gasteiger partial charge in [-0.15, -0.1) is 11.3 Å². The third kappa shape index (κ3) is 4.54. The van der Waals surface area contributed by atoms with Crippen LogP contribution in [0.4, 0.5) is 5.13 Å². The van der Waals surface area contributed by atoms with E-state index in [1.807, 2.05) is 30.3 Å². The van der Waals surface area contributed by atoms with Crippen molar-refractivity contribution < 1.29 is 18.7 Å². The first kappa shape index (κ1) is 16.9. The quantitative estimate of drug-likeness (QED) is 0.538. The third-order valence-corrected chi connectivity index (χ3v) is 4.06. The fourth-order valence-electron chi connectivity index (χ4n) is 2.19. The van der Waals surface area contributed by atoms with E-state index in [2.05, 4.69) is 10.3 Å². The van der Waals surface area contributed by atoms with Crippen molar-refractivity contribution in [3.05, 3.63) is 53.2 Å². The van der Waals surface area contributed by atoms with Crippen LogP contribution < -0.4 is 5.32 Å². The molecule has 0 atom stereocenters. The summed E-state index contributed by atoms with van der Waals surface area (Å²) in [6, 6.07) is 9.49. The lowest BCUT2D eigenvalue weighted by Gasteiger charge is -1.98. The molecule has 25 heavy (non-hydrogen) atoms. The molecular formula is C18H16N2O4S. The van der Waals surface area contributed by atoms with Gasteiger partial charge in [0.05, 0.1) is 18.7 Å². The van der Waals surface area contributed by atoms with E-state index in [0.29, 0.717) is 23.2 Å². The van der Waals surface area contributed by atoms with Gasteiger partial charge in [0.15, 0.2) is 5.13 Å². The Morgan fingerprint density at radius 1 is 1.36 bits per heavy atom. The van der Waals surface area contributed by atoms with E-state index < -0.39 is 0 Å². The van der Waals surface area contributed by atoms with Crippen molar-refractivity contribution in [2.75, 3.05) is 11.9 Å². The van der Waals surface area contributed by atoms with Gasteiger partial charge < -0.3 is 9.15 Å². The summed E-state index contributed by atoms with van der Waals surface area (Å²) in [5.41, 5.74) is 1.34. The number of rotatable bonds is 6. The first-order valence-electron chi connectivity index (χ1n) is 7.71. The van der Waals surface area contributed by atoms with Gasteiger partial charge in [0.2, 0.25) is 5.91 Å². The number of hydrogen-bond donors (Lipinski definition) is 1. The number of carbonyl (C=O) groups excluding carboxylic acids is 2. The molecule has 128 valence electrons. The molecule has 3 rings (SSSR count). The first-order valence-corrected chi connectivity index (χ1v) is 8.59. The maximum atomic E-state index is 12.0. The molecule has 0 unspecified atom stereocenters. The molecule has 0 spiro atoms. The summed E-state index contributed by atoms with van der Waals surface area (Å²) in [5, 5.41) is 5.78. The summed E-state index contributed by atoms with van der Waals surface area (Å²) in [6.45, 7) is 2.08. The number of benzene rings is 1. The van der Waals surface area contributed by atoms with Crippen LogP contribution >= 0.6 is 11.3 Å². The average Bonchev–Trinajstić information content (AvgIpc) is 3.19. The van der Waals surface area contributed by atoms with Crippen LogP contribution in [0.15, 0.2) is 46.2 Å². The van der Waals surface area contributed by atoms with Gasteiger partial charge in [-0.25, -0.2) is 4.98 Å². The minimum atomic E-state index is -0.338. The Balaban J connectivity index is 1.58. The van der Waals surface area contributed by atoms with E-state index in [9.17, 15) is 9.59 Å².